The number of fused-ring (bicyclic) bond motifs is 1. The van der Waals surface area contributed by atoms with Gasteiger partial charge in [-0.25, -0.2) is 4.39 Å². The minimum absolute atomic E-state index is 0.200. The minimum Gasteiger partial charge on any atom is -0.380 e. The Labute approximate surface area is 88.3 Å². The van der Waals surface area contributed by atoms with E-state index in [4.69, 9.17) is 4.74 Å². The molecule has 80 valence electrons. The van der Waals surface area contributed by atoms with Gasteiger partial charge in [0.15, 0.2) is 0 Å². The van der Waals surface area contributed by atoms with E-state index in [1.807, 2.05) is 12.3 Å². The summed E-state index contributed by atoms with van der Waals surface area (Å²) < 4.78 is 20.3. The van der Waals surface area contributed by atoms with Crippen LogP contribution in [0, 0.1) is 5.82 Å². The second-order valence-electron chi connectivity index (χ2n) is 3.53. The Morgan fingerprint density at radius 3 is 2.87 bits per heavy atom. The van der Waals surface area contributed by atoms with Gasteiger partial charge in [-0.3, -0.25) is 0 Å². The van der Waals surface area contributed by atoms with Crippen LogP contribution < -0.4 is 0 Å². The Morgan fingerprint density at radius 2 is 2.20 bits per heavy atom. The first-order valence-electron chi connectivity index (χ1n) is 5.02. The summed E-state index contributed by atoms with van der Waals surface area (Å²) >= 11 is 0. The van der Waals surface area contributed by atoms with Gasteiger partial charge in [0.25, 0.3) is 0 Å². The number of ether oxygens (including phenoxy) is 1. The van der Waals surface area contributed by atoms with Gasteiger partial charge < -0.3 is 9.30 Å². The Balaban J connectivity index is 2.64. The van der Waals surface area contributed by atoms with Crippen molar-refractivity contribution in [1.29, 1.82) is 0 Å². The number of halogens is 1. The summed E-state index contributed by atoms with van der Waals surface area (Å²) in [5, 5.41) is 0.943. The number of methoxy groups -OCH3 is 1. The summed E-state index contributed by atoms with van der Waals surface area (Å²) in [7, 11) is 1.65. The number of hydrogen-bond acceptors (Lipinski definition) is 1. The SMILES string of the molecule is CCn1cc(COC)c2cc(F)ccc21. The summed E-state index contributed by atoms with van der Waals surface area (Å²) in [5.41, 5.74) is 2.10. The summed E-state index contributed by atoms with van der Waals surface area (Å²) in [6, 6.07) is 4.87. The van der Waals surface area contributed by atoms with Gasteiger partial charge in [-0.2, -0.15) is 0 Å². The zero-order valence-electron chi connectivity index (χ0n) is 8.96. The van der Waals surface area contributed by atoms with Crippen molar-refractivity contribution in [2.75, 3.05) is 7.11 Å². The lowest BCUT2D eigenvalue weighted by Crippen LogP contribution is -1.90. The van der Waals surface area contributed by atoms with E-state index in [-0.39, 0.29) is 5.82 Å². The number of rotatable bonds is 3. The zero-order chi connectivity index (χ0) is 10.8. The maximum absolute atomic E-state index is 13.1. The molecule has 0 N–H and O–H groups in total. The third-order valence-electron chi connectivity index (χ3n) is 2.57. The molecule has 2 rings (SSSR count). The average molecular weight is 207 g/mol. The molecule has 15 heavy (non-hydrogen) atoms. The first-order chi connectivity index (χ1) is 7.26. The first-order valence-corrected chi connectivity index (χ1v) is 5.02. The van der Waals surface area contributed by atoms with Gasteiger partial charge in [0.2, 0.25) is 0 Å². The van der Waals surface area contributed by atoms with Crippen molar-refractivity contribution in [2.24, 2.45) is 0 Å². The van der Waals surface area contributed by atoms with Crippen LogP contribution in [0.5, 0.6) is 0 Å². The highest BCUT2D eigenvalue weighted by Gasteiger charge is 2.07. The highest BCUT2D eigenvalue weighted by Crippen LogP contribution is 2.23. The molecule has 0 fully saturated rings. The lowest BCUT2D eigenvalue weighted by atomic mass is 10.2. The molecule has 1 aromatic heterocycles. The van der Waals surface area contributed by atoms with Gasteiger partial charge in [0.1, 0.15) is 5.82 Å². The Morgan fingerprint density at radius 1 is 1.40 bits per heavy atom. The topological polar surface area (TPSA) is 14.2 Å². The summed E-state index contributed by atoms with van der Waals surface area (Å²) in [6.07, 6.45) is 2.02. The number of benzene rings is 1. The molecule has 0 saturated carbocycles. The number of aryl methyl sites for hydroxylation is 1. The van der Waals surface area contributed by atoms with E-state index in [9.17, 15) is 4.39 Å². The fourth-order valence-corrected chi connectivity index (χ4v) is 1.88. The third kappa shape index (κ3) is 1.75. The second-order valence-corrected chi connectivity index (χ2v) is 3.53. The monoisotopic (exact) mass is 207 g/mol. The first kappa shape index (κ1) is 10.2. The average Bonchev–Trinajstić information content (AvgIpc) is 2.57. The fourth-order valence-electron chi connectivity index (χ4n) is 1.88. The van der Waals surface area contributed by atoms with Crippen molar-refractivity contribution < 1.29 is 9.13 Å². The Hall–Kier alpha value is -1.35. The third-order valence-corrected chi connectivity index (χ3v) is 2.57. The lowest BCUT2D eigenvalue weighted by molar-refractivity contribution is 0.186. The molecule has 0 aliphatic heterocycles. The van der Waals surface area contributed by atoms with Crippen LogP contribution in [0.4, 0.5) is 4.39 Å². The maximum Gasteiger partial charge on any atom is 0.123 e. The zero-order valence-corrected chi connectivity index (χ0v) is 8.96. The molecular formula is C12H14FNO. The fraction of sp³-hybridized carbons (Fsp3) is 0.333. The molecule has 0 bridgehead atoms. The summed E-state index contributed by atoms with van der Waals surface area (Å²) in [6.45, 7) is 3.47. The van der Waals surface area contributed by atoms with E-state index in [1.165, 1.54) is 6.07 Å². The van der Waals surface area contributed by atoms with Crippen LogP contribution in [-0.2, 0) is 17.9 Å². The minimum atomic E-state index is -0.200. The molecule has 0 radical (unpaired) electrons. The molecule has 0 aliphatic carbocycles. The highest BCUT2D eigenvalue weighted by atomic mass is 19.1. The molecule has 3 heteroatoms. The highest BCUT2D eigenvalue weighted by molar-refractivity contribution is 5.84. The maximum atomic E-state index is 13.1. The van der Waals surface area contributed by atoms with Crippen LogP contribution >= 0.6 is 0 Å². The van der Waals surface area contributed by atoms with Crippen molar-refractivity contribution in [3.05, 3.63) is 35.8 Å². The molecule has 0 atom stereocenters. The van der Waals surface area contributed by atoms with E-state index in [1.54, 1.807) is 13.2 Å². The standard InChI is InChI=1S/C12H14FNO/c1-3-14-7-9(8-15-2)11-6-10(13)4-5-12(11)14/h4-7H,3,8H2,1-2H3. The largest absolute Gasteiger partial charge is 0.380 e. The molecule has 1 aromatic carbocycles. The van der Waals surface area contributed by atoms with E-state index < -0.39 is 0 Å². The second kappa shape index (κ2) is 4.03. The van der Waals surface area contributed by atoms with Gasteiger partial charge in [0, 0.05) is 36.3 Å². The van der Waals surface area contributed by atoms with Crippen LogP contribution in [0.25, 0.3) is 10.9 Å². The molecule has 2 nitrogen and oxygen atoms in total. The van der Waals surface area contributed by atoms with Crippen molar-refractivity contribution in [3.8, 4) is 0 Å². The predicted octanol–water partition coefficient (Wildman–Crippen LogP) is 2.95. The van der Waals surface area contributed by atoms with Gasteiger partial charge in [-0.15, -0.1) is 0 Å². The van der Waals surface area contributed by atoms with Crippen LogP contribution in [0.15, 0.2) is 24.4 Å². The molecule has 2 aromatic rings. The Kier molecular flexibility index (Phi) is 2.73. The van der Waals surface area contributed by atoms with Crippen molar-refractivity contribution in [2.45, 2.75) is 20.1 Å². The van der Waals surface area contributed by atoms with Gasteiger partial charge >= 0.3 is 0 Å². The van der Waals surface area contributed by atoms with E-state index in [2.05, 4.69) is 11.5 Å². The summed E-state index contributed by atoms with van der Waals surface area (Å²) in [4.78, 5) is 0. The van der Waals surface area contributed by atoms with E-state index in [0.29, 0.717) is 6.61 Å². The predicted molar refractivity (Wildman–Crippen MR) is 58.3 cm³/mol. The van der Waals surface area contributed by atoms with Crippen LogP contribution in [0.3, 0.4) is 0 Å². The molecular weight excluding hydrogens is 193 g/mol. The molecule has 0 unspecified atom stereocenters. The van der Waals surface area contributed by atoms with Crippen molar-refractivity contribution in [3.63, 3.8) is 0 Å². The van der Waals surface area contributed by atoms with Gasteiger partial charge in [-0.05, 0) is 25.1 Å². The number of hydrogen-bond donors (Lipinski definition) is 0. The Bertz CT molecular complexity index is 476. The number of nitrogens with zero attached hydrogens (tertiary/aromatic N) is 1. The molecule has 0 amide bonds. The molecule has 0 aliphatic rings. The quantitative estimate of drug-likeness (QED) is 0.754. The molecule has 1 heterocycles. The normalized spacial score (nSPS) is 11.1. The van der Waals surface area contributed by atoms with Gasteiger partial charge in [0.05, 0.1) is 6.61 Å². The van der Waals surface area contributed by atoms with Crippen LogP contribution in [0.2, 0.25) is 0 Å². The van der Waals surface area contributed by atoms with Crippen LogP contribution in [-0.4, -0.2) is 11.7 Å². The smallest absolute Gasteiger partial charge is 0.123 e. The van der Waals surface area contributed by atoms with E-state index in [0.717, 1.165) is 23.0 Å². The summed E-state index contributed by atoms with van der Waals surface area (Å²) in [5.74, 6) is -0.200. The van der Waals surface area contributed by atoms with Crippen LogP contribution in [0.1, 0.15) is 12.5 Å². The van der Waals surface area contributed by atoms with Gasteiger partial charge in [-0.1, -0.05) is 0 Å². The lowest BCUT2D eigenvalue weighted by Gasteiger charge is -1.99. The van der Waals surface area contributed by atoms with Crippen molar-refractivity contribution >= 4 is 10.9 Å². The van der Waals surface area contributed by atoms with Crippen molar-refractivity contribution in [1.82, 2.24) is 4.57 Å². The number of aromatic nitrogens is 1. The molecule has 0 saturated heterocycles. The molecule has 0 spiro atoms. The van der Waals surface area contributed by atoms with E-state index >= 15 is 0 Å².